The van der Waals surface area contributed by atoms with E-state index in [2.05, 4.69) is 27.9 Å². The Labute approximate surface area is 242 Å². The molecule has 0 rings (SSSR count). The SMILES string of the molecule is CCCCCCCCCCCCCCCCCC(CCCCCCCCCCCCCC)[N+](C)(C)C(C)O. The van der Waals surface area contributed by atoms with E-state index < -0.39 is 0 Å². The Hall–Kier alpha value is -0.0800. The first kappa shape index (κ1) is 37.9. The standard InChI is InChI=1S/C36H76NO/c1-6-8-10-12-14-16-18-20-21-22-24-26-28-30-32-34-36(37(4,5)35(3)38)33-31-29-27-25-23-19-17-15-13-11-9-7-2/h35-36,38H,6-34H2,1-5H3/q+1. The van der Waals surface area contributed by atoms with Crippen LogP contribution >= 0.6 is 0 Å². The molecule has 2 nitrogen and oxygen atoms in total. The molecule has 2 atom stereocenters. The van der Waals surface area contributed by atoms with Crippen molar-refractivity contribution in [2.75, 3.05) is 14.1 Å². The lowest BCUT2D eigenvalue weighted by Crippen LogP contribution is -2.54. The highest BCUT2D eigenvalue weighted by Gasteiger charge is 2.31. The van der Waals surface area contributed by atoms with Crippen LogP contribution in [0.5, 0.6) is 0 Å². The molecule has 0 aliphatic heterocycles. The molecule has 230 valence electrons. The summed E-state index contributed by atoms with van der Waals surface area (Å²) in [6, 6.07) is 0.611. The van der Waals surface area contributed by atoms with Crippen molar-refractivity contribution in [3.8, 4) is 0 Å². The summed E-state index contributed by atoms with van der Waals surface area (Å²) in [5, 5.41) is 10.4. The molecule has 0 bridgehead atoms. The molecule has 38 heavy (non-hydrogen) atoms. The zero-order valence-electron chi connectivity index (χ0n) is 27.6. The summed E-state index contributed by atoms with van der Waals surface area (Å²) < 4.78 is 0.774. The van der Waals surface area contributed by atoms with Crippen LogP contribution in [0.25, 0.3) is 0 Å². The predicted octanol–water partition coefficient (Wildman–Crippen LogP) is 12.1. The summed E-state index contributed by atoms with van der Waals surface area (Å²) in [5.41, 5.74) is 0. The highest BCUT2D eigenvalue weighted by Crippen LogP contribution is 2.24. The maximum absolute atomic E-state index is 10.4. The summed E-state index contributed by atoms with van der Waals surface area (Å²) >= 11 is 0. The van der Waals surface area contributed by atoms with E-state index in [1.54, 1.807) is 0 Å². The van der Waals surface area contributed by atoms with Crippen LogP contribution in [0.15, 0.2) is 0 Å². The van der Waals surface area contributed by atoms with Gasteiger partial charge >= 0.3 is 0 Å². The van der Waals surface area contributed by atoms with Crippen LogP contribution in [0.1, 0.15) is 207 Å². The lowest BCUT2D eigenvalue weighted by molar-refractivity contribution is -0.957. The number of unbranched alkanes of at least 4 members (excludes halogenated alkanes) is 25. The molecule has 0 heterocycles. The van der Waals surface area contributed by atoms with Crippen molar-refractivity contribution in [3.05, 3.63) is 0 Å². The van der Waals surface area contributed by atoms with Gasteiger partial charge in [0.15, 0.2) is 6.23 Å². The van der Waals surface area contributed by atoms with Crippen LogP contribution in [0.4, 0.5) is 0 Å². The fraction of sp³-hybridized carbons (Fsp3) is 1.00. The monoisotopic (exact) mass is 539 g/mol. The fourth-order valence-electron chi connectivity index (χ4n) is 6.09. The van der Waals surface area contributed by atoms with Crippen molar-refractivity contribution < 1.29 is 9.59 Å². The van der Waals surface area contributed by atoms with Gasteiger partial charge in [0, 0.05) is 6.92 Å². The predicted molar refractivity (Wildman–Crippen MR) is 173 cm³/mol. The molecule has 0 aliphatic carbocycles. The first-order valence-corrected chi connectivity index (χ1v) is 18.0. The second-order valence-corrected chi connectivity index (χ2v) is 13.3. The smallest absolute Gasteiger partial charge is 0.187 e. The number of nitrogens with zero attached hydrogens (tertiary/aromatic N) is 1. The van der Waals surface area contributed by atoms with Crippen molar-refractivity contribution in [1.29, 1.82) is 0 Å². The number of rotatable bonds is 31. The molecule has 0 spiro atoms. The van der Waals surface area contributed by atoms with Crippen LogP contribution in [0.3, 0.4) is 0 Å². The average Bonchev–Trinajstić information content (AvgIpc) is 2.90. The van der Waals surface area contributed by atoms with Gasteiger partial charge in [0.1, 0.15) is 0 Å². The van der Waals surface area contributed by atoms with Crippen molar-refractivity contribution >= 4 is 0 Å². The van der Waals surface area contributed by atoms with E-state index in [9.17, 15) is 5.11 Å². The molecule has 0 amide bonds. The van der Waals surface area contributed by atoms with Crippen LogP contribution < -0.4 is 0 Å². The van der Waals surface area contributed by atoms with E-state index in [4.69, 9.17) is 0 Å². The maximum atomic E-state index is 10.4. The first-order valence-electron chi connectivity index (χ1n) is 18.0. The minimum atomic E-state index is -0.270. The van der Waals surface area contributed by atoms with Gasteiger partial charge in [-0.3, -0.25) is 0 Å². The Morgan fingerprint density at radius 3 is 0.816 bits per heavy atom. The highest BCUT2D eigenvalue weighted by atomic mass is 16.3. The lowest BCUT2D eigenvalue weighted by Gasteiger charge is -2.40. The number of aliphatic hydroxyl groups excluding tert-OH is 1. The third-order valence-corrected chi connectivity index (χ3v) is 9.44. The highest BCUT2D eigenvalue weighted by molar-refractivity contribution is 4.62. The van der Waals surface area contributed by atoms with Gasteiger partial charge in [-0.2, -0.15) is 0 Å². The van der Waals surface area contributed by atoms with E-state index in [0.29, 0.717) is 6.04 Å². The normalized spacial score (nSPS) is 13.7. The third kappa shape index (κ3) is 23.8. The second kappa shape index (κ2) is 28.4. The molecular formula is C36H76NO+. The molecule has 2 unspecified atom stereocenters. The second-order valence-electron chi connectivity index (χ2n) is 13.3. The summed E-state index contributed by atoms with van der Waals surface area (Å²) in [7, 11) is 4.50. The number of hydrogen-bond acceptors (Lipinski definition) is 1. The molecule has 0 aromatic heterocycles. The van der Waals surface area contributed by atoms with Gasteiger partial charge in [-0.05, 0) is 25.7 Å². The van der Waals surface area contributed by atoms with Gasteiger partial charge in [-0.1, -0.05) is 174 Å². The Bertz CT molecular complexity index is 447. The maximum Gasteiger partial charge on any atom is 0.187 e. The first-order chi connectivity index (χ1) is 18.5. The van der Waals surface area contributed by atoms with E-state index in [1.807, 2.05) is 6.92 Å². The fourth-order valence-corrected chi connectivity index (χ4v) is 6.09. The van der Waals surface area contributed by atoms with Crippen molar-refractivity contribution in [2.45, 2.75) is 219 Å². The average molecular weight is 539 g/mol. The lowest BCUT2D eigenvalue weighted by atomic mass is 9.97. The van der Waals surface area contributed by atoms with E-state index in [-0.39, 0.29) is 6.23 Å². The zero-order valence-corrected chi connectivity index (χ0v) is 27.6. The molecule has 0 saturated carbocycles. The molecule has 0 fully saturated rings. The number of hydrogen-bond donors (Lipinski definition) is 1. The minimum absolute atomic E-state index is 0.270. The molecule has 1 N–H and O–H groups in total. The summed E-state index contributed by atoms with van der Waals surface area (Å²) in [6.07, 6.45) is 40.8. The van der Waals surface area contributed by atoms with Crippen molar-refractivity contribution in [1.82, 2.24) is 0 Å². The quantitative estimate of drug-likeness (QED) is 0.0528. The van der Waals surface area contributed by atoms with Gasteiger partial charge in [0.2, 0.25) is 0 Å². The topological polar surface area (TPSA) is 20.2 Å². The third-order valence-electron chi connectivity index (χ3n) is 9.44. The van der Waals surface area contributed by atoms with Crippen LogP contribution in [0.2, 0.25) is 0 Å². The molecule has 0 aromatic carbocycles. The molecule has 0 aromatic rings. The summed E-state index contributed by atoms with van der Waals surface area (Å²) in [5.74, 6) is 0. The molecule has 0 radical (unpaired) electrons. The molecule has 0 aliphatic rings. The van der Waals surface area contributed by atoms with E-state index in [0.717, 1.165) is 4.48 Å². The summed E-state index contributed by atoms with van der Waals surface area (Å²) in [4.78, 5) is 0. The Kier molecular flexibility index (Phi) is 28.4. The van der Waals surface area contributed by atoms with Crippen LogP contribution in [0, 0.1) is 0 Å². The Morgan fingerprint density at radius 2 is 0.605 bits per heavy atom. The molecule has 0 saturated heterocycles. The molecule has 2 heteroatoms. The van der Waals surface area contributed by atoms with Crippen molar-refractivity contribution in [2.24, 2.45) is 0 Å². The van der Waals surface area contributed by atoms with Gasteiger partial charge in [0.25, 0.3) is 0 Å². The van der Waals surface area contributed by atoms with Gasteiger partial charge in [-0.25, -0.2) is 0 Å². The summed E-state index contributed by atoms with van der Waals surface area (Å²) in [6.45, 7) is 6.59. The van der Waals surface area contributed by atoms with Crippen molar-refractivity contribution in [3.63, 3.8) is 0 Å². The van der Waals surface area contributed by atoms with E-state index in [1.165, 1.54) is 186 Å². The van der Waals surface area contributed by atoms with Crippen LogP contribution in [-0.2, 0) is 0 Å². The number of aliphatic hydroxyl groups is 1. The number of quaternary nitrogens is 1. The Balaban J connectivity index is 3.77. The zero-order chi connectivity index (χ0) is 28.2. The minimum Gasteiger partial charge on any atom is -0.345 e. The van der Waals surface area contributed by atoms with E-state index >= 15 is 0 Å². The largest absolute Gasteiger partial charge is 0.345 e. The Morgan fingerprint density at radius 1 is 0.395 bits per heavy atom. The van der Waals surface area contributed by atoms with Gasteiger partial charge in [0.05, 0.1) is 20.1 Å². The van der Waals surface area contributed by atoms with Crippen LogP contribution in [-0.4, -0.2) is 36.0 Å². The molecular weight excluding hydrogens is 462 g/mol. The van der Waals surface area contributed by atoms with Gasteiger partial charge < -0.3 is 9.59 Å². The van der Waals surface area contributed by atoms with Gasteiger partial charge in [-0.15, -0.1) is 0 Å².